The Morgan fingerprint density at radius 1 is 1.37 bits per heavy atom. The minimum atomic E-state index is -0.740. The number of rotatable bonds is 6. The van der Waals surface area contributed by atoms with E-state index in [0.717, 1.165) is 43.0 Å². The van der Waals surface area contributed by atoms with Gasteiger partial charge in [0.25, 0.3) is 0 Å². The number of likely N-dealkylation sites (tertiary alicyclic amines) is 1. The van der Waals surface area contributed by atoms with Crippen molar-refractivity contribution in [2.24, 2.45) is 5.92 Å². The molecule has 0 unspecified atom stereocenters. The Hall–Kier alpha value is -1.89. The molecule has 1 aromatic carbocycles. The highest BCUT2D eigenvalue weighted by Crippen LogP contribution is 2.40. The van der Waals surface area contributed by atoms with Crippen LogP contribution in [0.5, 0.6) is 0 Å². The Balaban J connectivity index is 1.55. The van der Waals surface area contributed by atoms with Crippen molar-refractivity contribution in [3.63, 3.8) is 0 Å². The lowest BCUT2D eigenvalue weighted by molar-refractivity contribution is -0.137. The highest BCUT2D eigenvalue weighted by molar-refractivity contribution is 6.30. The summed E-state index contributed by atoms with van der Waals surface area (Å²) in [7, 11) is 0. The molecule has 1 aliphatic heterocycles. The highest BCUT2D eigenvalue weighted by Gasteiger charge is 2.48. The average molecular weight is 431 g/mol. The van der Waals surface area contributed by atoms with Gasteiger partial charge in [-0.1, -0.05) is 37.6 Å². The van der Waals surface area contributed by atoms with Gasteiger partial charge in [-0.25, -0.2) is 4.98 Å². The van der Waals surface area contributed by atoms with E-state index in [4.69, 9.17) is 11.6 Å². The lowest BCUT2D eigenvalue weighted by Gasteiger charge is -2.24. The number of aliphatic hydroxyl groups is 1. The van der Waals surface area contributed by atoms with Gasteiger partial charge < -0.3 is 20.3 Å². The fraction of sp³-hybridized carbons (Fsp3) is 0.565. The number of carbonyl (C=O) groups is 1. The normalized spacial score (nSPS) is 26.6. The molecule has 1 saturated carbocycles. The van der Waals surface area contributed by atoms with Gasteiger partial charge in [-0.2, -0.15) is 0 Å². The van der Waals surface area contributed by atoms with Gasteiger partial charge in [-0.15, -0.1) is 0 Å². The number of H-pyrrole nitrogens is 1. The van der Waals surface area contributed by atoms with Crippen molar-refractivity contribution in [1.29, 1.82) is 0 Å². The molecule has 1 aromatic heterocycles. The minimum Gasteiger partial charge on any atom is -0.392 e. The number of carbonyl (C=O) groups excluding carboxylic acids is 1. The van der Waals surface area contributed by atoms with Gasteiger partial charge in [0.05, 0.1) is 12.0 Å². The molecular weight excluding hydrogens is 400 g/mol. The van der Waals surface area contributed by atoms with Crippen molar-refractivity contribution < 1.29 is 9.90 Å². The number of halogens is 1. The van der Waals surface area contributed by atoms with Gasteiger partial charge in [0.15, 0.2) is 0 Å². The Kier molecular flexibility index (Phi) is 6.46. The zero-order valence-corrected chi connectivity index (χ0v) is 18.4. The molecular formula is C23H31ClN4O2. The predicted molar refractivity (Wildman–Crippen MR) is 117 cm³/mol. The molecule has 2 fully saturated rings. The number of aromatic amines is 1. The second-order valence-corrected chi connectivity index (χ2v) is 9.32. The van der Waals surface area contributed by atoms with Gasteiger partial charge in [-0.05, 0) is 37.0 Å². The Labute approximate surface area is 183 Å². The van der Waals surface area contributed by atoms with E-state index < -0.39 is 12.0 Å². The zero-order chi connectivity index (χ0) is 21.3. The van der Waals surface area contributed by atoms with Crippen LogP contribution in [0.3, 0.4) is 0 Å². The Bertz CT molecular complexity index is 878. The number of aromatic nitrogens is 2. The number of aliphatic hydroxyl groups excluding tert-OH is 1. The van der Waals surface area contributed by atoms with Crippen LogP contribution in [0.25, 0.3) is 0 Å². The van der Waals surface area contributed by atoms with E-state index >= 15 is 0 Å². The van der Waals surface area contributed by atoms with Gasteiger partial charge in [-0.3, -0.25) is 4.79 Å². The first-order valence-electron chi connectivity index (χ1n) is 10.9. The Morgan fingerprint density at radius 3 is 2.80 bits per heavy atom. The van der Waals surface area contributed by atoms with Crippen molar-refractivity contribution in [2.45, 2.75) is 63.6 Å². The van der Waals surface area contributed by atoms with Crippen molar-refractivity contribution in [1.82, 2.24) is 20.2 Å². The average Bonchev–Trinajstić information content (AvgIpc) is 3.46. The molecule has 2 aromatic rings. The maximum atomic E-state index is 13.1. The first-order chi connectivity index (χ1) is 14.4. The summed E-state index contributed by atoms with van der Waals surface area (Å²) in [6, 6.07) is 7.73. The lowest BCUT2D eigenvalue weighted by Crippen LogP contribution is -2.38. The van der Waals surface area contributed by atoms with Crippen LogP contribution in [0.1, 0.15) is 62.0 Å². The van der Waals surface area contributed by atoms with Gasteiger partial charge in [0.2, 0.25) is 5.91 Å². The molecule has 6 nitrogen and oxygen atoms in total. The van der Waals surface area contributed by atoms with Crippen LogP contribution in [0.2, 0.25) is 5.02 Å². The lowest BCUT2D eigenvalue weighted by atomic mass is 9.95. The van der Waals surface area contributed by atoms with E-state index in [0.29, 0.717) is 18.0 Å². The summed E-state index contributed by atoms with van der Waals surface area (Å²) in [5.74, 6) is 0.662. The van der Waals surface area contributed by atoms with Gasteiger partial charge in [0.1, 0.15) is 5.82 Å². The van der Waals surface area contributed by atoms with Crippen molar-refractivity contribution >= 4 is 17.5 Å². The zero-order valence-electron chi connectivity index (χ0n) is 17.6. The third kappa shape index (κ3) is 4.41. The highest BCUT2D eigenvalue weighted by atomic mass is 35.5. The van der Waals surface area contributed by atoms with Crippen molar-refractivity contribution in [3.8, 4) is 0 Å². The molecule has 2 heterocycles. The predicted octanol–water partition coefficient (Wildman–Crippen LogP) is 3.43. The molecule has 30 heavy (non-hydrogen) atoms. The van der Waals surface area contributed by atoms with Crippen LogP contribution in [-0.2, 0) is 11.3 Å². The van der Waals surface area contributed by atoms with Crippen LogP contribution < -0.4 is 5.32 Å². The number of benzene rings is 1. The summed E-state index contributed by atoms with van der Waals surface area (Å²) in [6.45, 7) is 6.40. The fourth-order valence-electron chi connectivity index (χ4n) is 4.79. The van der Waals surface area contributed by atoms with Crippen molar-refractivity contribution in [2.75, 3.05) is 13.1 Å². The third-order valence-electron chi connectivity index (χ3n) is 6.44. The van der Waals surface area contributed by atoms with E-state index in [9.17, 15) is 9.90 Å². The summed E-state index contributed by atoms with van der Waals surface area (Å²) < 4.78 is 0. The molecule has 7 heteroatoms. The molecule has 3 N–H and O–H groups in total. The van der Waals surface area contributed by atoms with Crippen molar-refractivity contribution in [3.05, 3.63) is 52.6 Å². The Morgan fingerprint density at radius 2 is 2.13 bits per heavy atom. The van der Waals surface area contributed by atoms with E-state index in [2.05, 4.69) is 29.1 Å². The van der Waals surface area contributed by atoms with Crippen LogP contribution >= 0.6 is 11.6 Å². The monoisotopic (exact) mass is 430 g/mol. The second kappa shape index (κ2) is 9.08. The first kappa shape index (κ1) is 21.3. The topological polar surface area (TPSA) is 81.2 Å². The van der Waals surface area contributed by atoms with E-state index in [1.54, 1.807) is 0 Å². The van der Waals surface area contributed by atoms with Crippen LogP contribution in [-0.4, -0.2) is 51.1 Å². The van der Waals surface area contributed by atoms with Crippen LogP contribution in [0.4, 0.5) is 0 Å². The maximum Gasteiger partial charge on any atom is 0.228 e. The molecule has 162 valence electrons. The van der Waals surface area contributed by atoms with E-state index in [1.165, 1.54) is 0 Å². The fourth-order valence-corrected chi connectivity index (χ4v) is 5.00. The molecule has 2 aliphatic rings. The number of nitrogens with one attached hydrogen (secondary N) is 2. The summed E-state index contributed by atoms with van der Waals surface area (Å²) in [5, 5.41) is 15.5. The summed E-state index contributed by atoms with van der Waals surface area (Å²) >= 11 is 6.13. The third-order valence-corrected chi connectivity index (χ3v) is 6.67. The molecule has 1 aliphatic carbocycles. The number of nitrogens with zero attached hydrogens (tertiary/aromatic N) is 2. The summed E-state index contributed by atoms with van der Waals surface area (Å²) in [6.07, 6.45) is 3.78. The van der Waals surface area contributed by atoms with Gasteiger partial charge in [0, 0.05) is 54.4 Å². The van der Waals surface area contributed by atoms with Crippen LogP contribution in [0, 0.1) is 5.92 Å². The molecule has 0 radical (unpaired) electrons. The maximum absolute atomic E-state index is 13.1. The van der Waals surface area contributed by atoms with E-state index in [-0.39, 0.29) is 23.8 Å². The smallest absolute Gasteiger partial charge is 0.228 e. The number of imidazole rings is 1. The number of hydrogen-bond donors (Lipinski definition) is 3. The van der Waals surface area contributed by atoms with Gasteiger partial charge >= 0.3 is 0 Å². The minimum absolute atomic E-state index is 0.0315. The van der Waals surface area contributed by atoms with E-state index in [1.807, 2.05) is 35.4 Å². The van der Waals surface area contributed by atoms with Crippen LogP contribution in [0.15, 0.2) is 30.5 Å². The number of hydrogen-bond acceptors (Lipinski definition) is 4. The molecule has 4 atom stereocenters. The summed E-state index contributed by atoms with van der Waals surface area (Å²) in [5.41, 5.74) is 1.98. The SMILES string of the molecule is CC(C)c1ncc([C@@H]2[C@H](O)[C@@H](C(=O)N3CCCC3)C[C@H]2NCc2cccc(Cl)c2)[nH]1. The molecule has 0 spiro atoms. The molecule has 0 bridgehead atoms. The largest absolute Gasteiger partial charge is 0.392 e. The summed E-state index contributed by atoms with van der Waals surface area (Å²) in [4.78, 5) is 22.9. The standard InChI is InChI=1S/C23H31ClN4O2/c1-14(2)22-26-13-19(27-22)20-18(25-12-15-6-5-7-16(24)10-15)11-17(21(20)29)23(30)28-8-3-4-9-28/h5-7,10,13-14,17-18,20-21,25,29H,3-4,8-9,11-12H2,1-2H3,(H,26,27)/t17-,18+,20+,21+/m0/s1. The molecule has 1 saturated heterocycles. The molecule has 1 amide bonds. The second-order valence-electron chi connectivity index (χ2n) is 8.89. The number of amides is 1. The first-order valence-corrected chi connectivity index (χ1v) is 11.3. The quantitative estimate of drug-likeness (QED) is 0.655. The molecule has 4 rings (SSSR count).